The van der Waals surface area contributed by atoms with Crippen LogP contribution in [0.1, 0.15) is 60.4 Å². The van der Waals surface area contributed by atoms with Crippen molar-refractivity contribution >= 4 is 17.6 Å². The lowest BCUT2D eigenvalue weighted by molar-refractivity contribution is -0.135. The third-order valence-corrected chi connectivity index (χ3v) is 7.62. The molecule has 34 heavy (non-hydrogen) atoms. The standard InChI is InChI=1S/C26H31N5O3/c1-3-23(32)29-10-8-19-20(14-27)26(28-25(18-6-7-18)21(19)15-29)30-11-12-31(24(33)9-13-34-2)22(16-30)17-4-5-17/h1,17-18,22H,4-13,15-16H2,2H3/t22-/m0/s1. The molecule has 4 aliphatic rings. The van der Waals surface area contributed by atoms with E-state index in [0.717, 1.165) is 48.3 Å². The molecule has 2 aliphatic heterocycles. The molecule has 0 aromatic carbocycles. The number of carbonyl (C=O) groups excluding carboxylic acids is 2. The molecule has 2 aliphatic carbocycles. The van der Waals surface area contributed by atoms with E-state index in [2.05, 4.69) is 16.9 Å². The van der Waals surface area contributed by atoms with E-state index in [0.29, 0.717) is 69.6 Å². The number of hydrogen-bond acceptors (Lipinski definition) is 6. The Morgan fingerprint density at radius 3 is 2.62 bits per heavy atom. The average Bonchev–Trinajstić information content (AvgIpc) is 3.78. The predicted molar refractivity (Wildman–Crippen MR) is 126 cm³/mol. The largest absolute Gasteiger partial charge is 0.384 e. The number of terminal acetylenes is 1. The van der Waals surface area contributed by atoms with Gasteiger partial charge in [0.1, 0.15) is 11.9 Å². The summed E-state index contributed by atoms with van der Waals surface area (Å²) in [6.07, 6.45) is 10.8. The second-order valence-corrected chi connectivity index (χ2v) is 9.84. The topological polar surface area (TPSA) is 89.8 Å². The van der Waals surface area contributed by atoms with E-state index in [-0.39, 0.29) is 17.9 Å². The fraction of sp³-hybridized carbons (Fsp3) is 0.615. The highest BCUT2D eigenvalue weighted by Gasteiger charge is 2.42. The highest BCUT2D eigenvalue weighted by molar-refractivity contribution is 5.93. The minimum Gasteiger partial charge on any atom is -0.384 e. The minimum absolute atomic E-state index is 0.147. The summed E-state index contributed by atoms with van der Waals surface area (Å²) >= 11 is 0. The van der Waals surface area contributed by atoms with Gasteiger partial charge in [-0.25, -0.2) is 4.98 Å². The summed E-state index contributed by atoms with van der Waals surface area (Å²) in [5, 5.41) is 10.2. The van der Waals surface area contributed by atoms with Gasteiger partial charge in [-0.3, -0.25) is 9.59 Å². The lowest BCUT2D eigenvalue weighted by Crippen LogP contribution is -2.56. The van der Waals surface area contributed by atoms with Gasteiger partial charge in [0, 0.05) is 45.8 Å². The van der Waals surface area contributed by atoms with Gasteiger partial charge in [0.05, 0.1) is 30.3 Å². The quantitative estimate of drug-likeness (QED) is 0.601. The Balaban J connectivity index is 1.46. The molecule has 2 saturated carbocycles. The average molecular weight is 462 g/mol. The summed E-state index contributed by atoms with van der Waals surface area (Å²) in [6.45, 7) is 3.38. The molecule has 178 valence electrons. The number of anilines is 1. The van der Waals surface area contributed by atoms with Gasteiger partial charge in [-0.2, -0.15) is 5.26 Å². The van der Waals surface area contributed by atoms with Crippen LogP contribution in [-0.2, 0) is 27.3 Å². The molecule has 0 bridgehead atoms. The molecule has 5 rings (SSSR count). The van der Waals surface area contributed by atoms with Gasteiger partial charge in [0.15, 0.2) is 0 Å². The molecule has 0 unspecified atom stereocenters. The summed E-state index contributed by atoms with van der Waals surface area (Å²) in [4.78, 5) is 36.0. The van der Waals surface area contributed by atoms with Crippen molar-refractivity contribution < 1.29 is 14.3 Å². The highest BCUT2D eigenvalue weighted by atomic mass is 16.5. The van der Waals surface area contributed by atoms with Crippen LogP contribution in [0.15, 0.2) is 0 Å². The fourth-order valence-electron chi connectivity index (χ4n) is 5.48. The third kappa shape index (κ3) is 4.23. The van der Waals surface area contributed by atoms with Gasteiger partial charge in [-0.05, 0) is 55.1 Å². The Bertz CT molecular complexity index is 1080. The van der Waals surface area contributed by atoms with Crippen LogP contribution in [0.3, 0.4) is 0 Å². The second kappa shape index (κ2) is 9.27. The third-order valence-electron chi connectivity index (χ3n) is 7.62. The molecule has 3 fully saturated rings. The Labute approximate surface area is 200 Å². The first-order valence-corrected chi connectivity index (χ1v) is 12.3. The normalized spacial score (nSPS) is 22.1. The molecule has 0 radical (unpaired) electrons. The van der Waals surface area contributed by atoms with Crippen LogP contribution in [0.5, 0.6) is 0 Å². The summed E-state index contributed by atoms with van der Waals surface area (Å²) in [5.41, 5.74) is 3.70. The molecular weight excluding hydrogens is 430 g/mol. The van der Waals surface area contributed by atoms with E-state index in [1.807, 2.05) is 4.90 Å². The van der Waals surface area contributed by atoms with E-state index in [9.17, 15) is 14.9 Å². The van der Waals surface area contributed by atoms with Crippen molar-refractivity contribution in [2.45, 2.75) is 57.0 Å². The Morgan fingerprint density at radius 2 is 1.97 bits per heavy atom. The number of methoxy groups -OCH3 is 1. The van der Waals surface area contributed by atoms with Gasteiger partial charge < -0.3 is 19.4 Å². The maximum atomic E-state index is 12.8. The zero-order valence-corrected chi connectivity index (χ0v) is 19.8. The first-order chi connectivity index (χ1) is 16.5. The van der Waals surface area contributed by atoms with Crippen molar-refractivity contribution in [1.29, 1.82) is 5.26 Å². The number of nitrogens with zero attached hydrogens (tertiary/aromatic N) is 5. The van der Waals surface area contributed by atoms with E-state index in [1.165, 1.54) is 0 Å². The maximum absolute atomic E-state index is 12.8. The monoisotopic (exact) mass is 461 g/mol. The molecule has 0 N–H and O–H groups in total. The molecule has 0 spiro atoms. The lowest BCUT2D eigenvalue weighted by Gasteiger charge is -2.43. The maximum Gasteiger partial charge on any atom is 0.298 e. The number of amides is 2. The van der Waals surface area contributed by atoms with Crippen LogP contribution in [0.4, 0.5) is 5.82 Å². The zero-order valence-electron chi connectivity index (χ0n) is 19.8. The zero-order chi connectivity index (χ0) is 23.8. The number of carbonyl (C=O) groups is 2. The van der Waals surface area contributed by atoms with E-state index >= 15 is 0 Å². The van der Waals surface area contributed by atoms with Gasteiger partial charge in [-0.15, -0.1) is 6.42 Å². The first kappa shape index (κ1) is 22.7. The van der Waals surface area contributed by atoms with Gasteiger partial charge in [0.25, 0.3) is 5.91 Å². The lowest BCUT2D eigenvalue weighted by atomic mass is 9.92. The molecule has 8 heteroatoms. The van der Waals surface area contributed by atoms with Crippen LogP contribution < -0.4 is 4.90 Å². The van der Waals surface area contributed by atoms with E-state index in [4.69, 9.17) is 16.1 Å². The number of hydrogen-bond donors (Lipinski definition) is 0. The number of piperazine rings is 1. The van der Waals surface area contributed by atoms with Gasteiger partial charge in [0.2, 0.25) is 5.91 Å². The Kier molecular flexibility index (Phi) is 6.18. The van der Waals surface area contributed by atoms with Gasteiger partial charge >= 0.3 is 0 Å². The number of pyridine rings is 1. The number of rotatable bonds is 6. The number of nitriles is 1. The molecule has 8 nitrogen and oxygen atoms in total. The Morgan fingerprint density at radius 1 is 1.18 bits per heavy atom. The highest BCUT2D eigenvalue weighted by Crippen LogP contribution is 2.45. The molecule has 1 atom stereocenters. The smallest absolute Gasteiger partial charge is 0.298 e. The minimum atomic E-state index is -0.309. The number of aromatic nitrogens is 1. The van der Waals surface area contributed by atoms with Crippen LogP contribution in [0.25, 0.3) is 0 Å². The number of ether oxygens (including phenoxy) is 1. The van der Waals surface area contributed by atoms with Crippen molar-refractivity contribution in [1.82, 2.24) is 14.8 Å². The van der Waals surface area contributed by atoms with Crippen molar-refractivity contribution in [2.75, 3.05) is 44.8 Å². The van der Waals surface area contributed by atoms with E-state index in [1.54, 1.807) is 12.0 Å². The second-order valence-electron chi connectivity index (χ2n) is 9.84. The SMILES string of the molecule is C#CC(=O)N1CCc2c(C#N)c(N3CCN(C(=O)CCOC)[C@H](C4CC4)C3)nc(C3CC3)c2C1. The summed E-state index contributed by atoms with van der Waals surface area (Å²) in [6, 6.07) is 2.59. The van der Waals surface area contributed by atoms with Crippen LogP contribution in [-0.4, -0.2) is 72.5 Å². The number of fused-ring (bicyclic) bond motifs is 1. The predicted octanol–water partition coefficient (Wildman–Crippen LogP) is 1.81. The molecule has 1 aromatic rings. The first-order valence-electron chi connectivity index (χ1n) is 12.3. The van der Waals surface area contributed by atoms with Crippen LogP contribution in [0.2, 0.25) is 0 Å². The summed E-state index contributed by atoms with van der Waals surface area (Å²) in [7, 11) is 1.62. The molecule has 3 heterocycles. The van der Waals surface area contributed by atoms with Crippen molar-refractivity contribution in [3.63, 3.8) is 0 Å². The molecule has 1 saturated heterocycles. The van der Waals surface area contributed by atoms with Crippen LogP contribution >= 0.6 is 0 Å². The van der Waals surface area contributed by atoms with Crippen molar-refractivity contribution in [2.24, 2.45) is 5.92 Å². The van der Waals surface area contributed by atoms with Gasteiger partial charge in [-0.1, -0.05) is 0 Å². The molecule has 1 aromatic heterocycles. The molecule has 2 amide bonds. The van der Waals surface area contributed by atoms with Crippen molar-refractivity contribution in [3.05, 3.63) is 22.4 Å². The van der Waals surface area contributed by atoms with Crippen molar-refractivity contribution in [3.8, 4) is 18.4 Å². The van der Waals surface area contributed by atoms with E-state index < -0.39 is 0 Å². The van der Waals surface area contributed by atoms with Crippen LogP contribution in [0, 0.1) is 29.6 Å². The summed E-state index contributed by atoms with van der Waals surface area (Å²) in [5.74, 6) is 3.72. The Hall–Kier alpha value is -3.10. The fourth-order valence-corrected chi connectivity index (χ4v) is 5.48. The summed E-state index contributed by atoms with van der Waals surface area (Å²) < 4.78 is 5.12. The molecular formula is C26H31N5O3.